The van der Waals surface area contributed by atoms with Crippen molar-refractivity contribution in [1.29, 1.82) is 0 Å². The molecule has 40 heteroatoms. The maximum Gasteiger partial charge on any atom is 1.00 e. The van der Waals surface area contributed by atoms with Gasteiger partial charge >= 0.3 is 57.4 Å². The van der Waals surface area contributed by atoms with E-state index in [9.17, 15) is 33.9 Å². The maximum absolute atomic E-state index is 13.1. The van der Waals surface area contributed by atoms with E-state index in [4.69, 9.17) is 120 Å². The number of hydrogen-bond donors (Lipinski definition) is 6. The predicted molar refractivity (Wildman–Crippen MR) is 485 cm³/mol. The van der Waals surface area contributed by atoms with Crippen molar-refractivity contribution < 1.29 is 199 Å². The molecule has 0 radical (unpaired) electrons. The van der Waals surface area contributed by atoms with E-state index in [1.807, 2.05) is 0 Å². The molecule has 0 aromatic carbocycles. The van der Waals surface area contributed by atoms with E-state index >= 15 is 0 Å². The monoisotopic (exact) mass is 1890 g/mol. The van der Waals surface area contributed by atoms with Crippen LogP contribution in [-0.2, 0) is 142 Å². The summed E-state index contributed by atoms with van der Waals surface area (Å²) in [7, 11) is 3.10. The molecule has 0 spiro atoms. The van der Waals surface area contributed by atoms with Crippen LogP contribution in [0.2, 0.25) is 0 Å². The van der Waals surface area contributed by atoms with Gasteiger partial charge in [0.15, 0.2) is 0 Å². The molecule has 0 aliphatic carbocycles. The van der Waals surface area contributed by atoms with Gasteiger partial charge < -0.3 is 152 Å². The van der Waals surface area contributed by atoms with Gasteiger partial charge in [0.25, 0.3) is 0 Å². The Kier molecular flexibility index (Phi) is 127. The number of carboxylic acids is 1. The van der Waals surface area contributed by atoms with Gasteiger partial charge in [-0.25, -0.2) is 4.79 Å². The summed E-state index contributed by atoms with van der Waals surface area (Å²) in [6.45, 7) is 23.9. The second-order valence-corrected chi connectivity index (χ2v) is 27.4. The van der Waals surface area contributed by atoms with Crippen LogP contribution in [0.1, 0.15) is 161 Å². The molecule has 4 amide bonds. The normalized spacial score (nSPS) is 11.5. The number of aliphatic carboxylic acids is 1. The third-order valence-electron chi connectivity index (χ3n) is 17.3. The summed E-state index contributed by atoms with van der Waals surface area (Å²) >= 11 is 0. The third kappa shape index (κ3) is 112. The van der Waals surface area contributed by atoms with Crippen molar-refractivity contribution in [2.45, 2.75) is 173 Å². The van der Waals surface area contributed by atoms with Crippen LogP contribution >= 0.6 is 27.0 Å². The zero-order chi connectivity index (χ0) is 88.7. The van der Waals surface area contributed by atoms with Gasteiger partial charge in [-0.15, -0.1) is 12.3 Å². The number of carboxylic acid groups (broad SMARTS) is 1. The molecular weight excluding hydrogens is 1720 g/mol. The van der Waals surface area contributed by atoms with Crippen molar-refractivity contribution in [3.8, 4) is 12.3 Å². The van der Waals surface area contributed by atoms with Crippen LogP contribution in [-0.4, -0.2) is 390 Å². The second kappa shape index (κ2) is 119. The minimum Gasteiger partial charge on any atom is -0.693 e. The van der Waals surface area contributed by atoms with Crippen molar-refractivity contribution in [1.82, 2.24) is 21.3 Å². The number of amides is 4. The van der Waals surface area contributed by atoms with E-state index in [1.165, 1.54) is 64.8 Å². The number of rotatable bonds is 104. The first-order valence-electron chi connectivity index (χ1n) is 44.8. The summed E-state index contributed by atoms with van der Waals surface area (Å²) in [5, 5.41) is 20.4. The largest absolute Gasteiger partial charge is 1.00 e. The van der Waals surface area contributed by atoms with Crippen molar-refractivity contribution >= 4 is 62.4 Å². The van der Waals surface area contributed by atoms with Gasteiger partial charge in [-0.05, 0) is 32.7 Å². The van der Waals surface area contributed by atoms with E-state index in [0.717, 1.165) is 19.3 Å². The zero-order valence-corrected chi connectivity index (χ0v) is 82.8. The molecule has 2 atom stereocenters. The van der Waals surface area contributed by atoms with E-state index < -0.39 is 18.1 Å². The number of terminal acetylenes is 1. The van der Waals surface area contributed by atoms with E-state index in [0.29, 0.717) is 349 Å². The van der Waals surface area contributed by atoms with Crippen molar-refractivity contribution in [3.63, 3.8) is 0 Å². The number of nitrogens with one attached hydrogen (secondary N) is 4. The summed E-state index contributed by atoms with van der Waals surface area (Å²) in [5.74, 6) is 0.161. The van der Waals surface area contributed by atoms with E-state index in [1.54, 1.807) is 7.05 Å². The van der Waals surface area contributed by atoms with Gasteiger partial charge in [-0.3, -0.25) is 24.0 Å². The number of hydrogen-bond acceptors (Lipinski definition) is 31. The topological polar surface area (TPSA) is 452 Å². The Morgan fingerprint density at radius 2 is 0.524 bits per heavy atom. The molecule has 744 valence electrons. The average molecular weight is 1890 g/mol. The van der Waals surface area contributed by atoms with Gasteiger partial charge in [0.2, 0.25) is 23.6 Å². The molecular formula is C86H171KN6O31S2. The van der Waals surface area contributed by atoms with Crippen molar-refractivity contribution in [3.05, 3.63) is 6.15 Å². The Morgan fingerprint density at radius 1 is 0.294 bits per heavy atom. The van der Waals surface area contributed by atoms with Crippen molar-refractivity contribution in [2.75, 3.05) is 338 Å². The summed E-state index contributed by atoms with van der Waals surface area (Å²) in [4.78, 5) is 73.8. The standard InChI is InChI=1S/C85H160N4O31.CH5N.K.H2N.2H2S/c1-4-6-8-9-10-11-12-13-14-15-16-17-21-25-83(93)89-80(85(95)96)27-26-78(90)22-19-18-20-23-79(88-82(92)24-7-5-2)84(94)87-29-31-98-33-35-100-37-39-102-41-43-104-45-47-106-49-51-108-53-55-110-57-59-112-61-63-114-65-67-116-69-71-118-73-75-120-77-76-119-74-72-117-70-68-115-66-64-113-62-60-111-58-56-109-54-52-107-50-48-105-46-44-103-42-40-101-38-36-99-34-32-97-30-28-81(91)86-3;1-2;;;;/h2,79-80H,4,6-77H2,1,3H3,(H,86,91)(H,87,94)(H,88,92)(H,89,93)(H,95,96);2H2,1H3;;3*1H2/q;;+1;-1;;/t79-,80-;;;;;/m0...../s1. The minimum atomic E-state index is -1.16. The average Bonchev–Trinajstić information content (AvgIpc) is 0.931. The fraction of sp³-hybridized carbons (Fsp3) is 0.907. The summed E-state index contributed by atoms with van der Waals surface area (Å²) < 4.78 is 133. The van der Waals surface area contributed by atoms with Gasteiger partial charge in [-0.2, -0.15) is 27.0 Å². The van der Waals surface area contributed by atoms with Crippen LogP contribution in [0, 0.1) is 12.3 Å². The Labute approximate surface area is 811 Å². The molecule has 0 rings (SSSR count). The zero-order valence-electron chi connectivity index (χ0n) is 77.7. The fourth-order valence-electron chi connectivity index (χ4n) is 10.6. The molecule has 0 fully saturated rings. The first-order chi connectivity index (χ1) is 60.1. The van der Waals surface area contributed by atoms with E-state index in [2.05, 4.69) is 39.8 Å². The number of Topliss-reactive ketones (excluding diaryl/α,β-unsaturated/α-hetero) is 1. The Hall–Kier alpha value is -2.12. The maximum atomic E-state index is 13.1. The van der Waals surface area contributed by atoms with Crippen LogP contribution < -0.4 is 78.4 Å². The summed E-state index contributed by atoms with van der Waals surface area (Å²) in [6, 6.07) is -1.90. The molecule has 0 aliphatic heterocycles. The van der Waals surface area contributed by atoms with Gasteiger partial charge in [-0.1, -0.05) is 96.8 Å². The number of ketones is 1. The van der Waals surface area contributed by atoms with Crippen molar-refractivity contribution in [2.24, 2.45) is 5.73 Å². The molecule has 0 aromatic rings. The summed E-state index contributed by atoms with van der Waals surface area (Å²) in [6.07, 6.45) is 24.2. The smallest absolute Gasteiger partial charge is 0.693 e. The quantitative estimate of drug-likeness (QED) is 0.0289. The Balaban J connectivity index is -0.00000595. The minimum absolute atomic E-state index is 0. The predicted octanol–water partition coefficient (Wildman–Crippen LogP) is 3.41. The number of unbranched alkanes of at least 4 members (excludes halogenated alkanes) is 14. The molecule has 37 nitrogen and oxygen atoms in total. The molecule has 0 bridgehead atoms. The molecule has 9 N–H and O–H groups in total. The number of carbonyl (C=O) groups excluding carboxylic acids is 5. The van der Waals surface area contributed by atoms with Crippen LogP contribution in [0.5, 0.6) is 0 Å². The van der Waals surface area contributed by atoms with Gasteiger partial charge in [0.05, 0.1) is 317 Å². The molecule has 126 heavy (non-hydrogen) atoms. The first-order valence-corrected chi connectivity index (χ1v) is 44.8. The molecule has 0 saturated carbocycles. The van der Waals surface area contributed by atoms with Crippen LogP contribution in [0.15, 0.2) is 0 Å². The van der Waals surface area contributed by atoms with Crippen LogP contribution in [0.3, 0.4) is 0 Å². The van der Waals surface area contributed by atoms with E-state index in [-0.39, 0.29) is 166 Å². The second-order valence-electron chi connectivity index (χ2n) is 27.4. The molecule has 0 aliphatic rings. The Bertz CT molecular complexity index is 2270. The molecule has 0 aromatic heterocycles. The number of carbonyl (C=O) groups is 6. The third-order valence-corrected chi connectivity index (χ3v) is 17.3. The summed E-state index contributed by atoms with van der Waals surface area (Å²) in [5.41, 5.74) is 4.50. The SMILES string of the molecule is C#CCCC(=O)N[C@@H](CCCCCC(=O)CC[C@H](NC(=O)CCCCCCCCCCCCCCC)C(=O)O)C(=O)NCCOCCOCCOCCOCCOCCOCCOCCOCCOCCOCCOCCOCCOCCOCCOCCOCCOCCOCCOCCOCCOCCOCCOCCOCCC(=O)NC.CN.S.S.[K+].[NH2-]. The molecule has 0 saturated heterocycles. The molecule has 0 heterocycles. The van der Waals surface area contributed by atoms with Gasteiger partial charge in [0, 0.05) is 52.1 Å². The molecule has 0 unspecified atom stereocenters. The van der Waals surface area contributed by atoms with Gasteiger partial charge in [0.1, 0.15) is 17.9 Å². The Morgan fingerprint density at radius 3 is 0.786 bits per heavy atom. The number of ether oxygens (including phenoxy) is 24. The fourth-order valence-corrected chi connectivity index (χ4v) is 10.6. The van der Waals surface area contributed by atoms with Crippen LogP contribution in [0.25, 0.3) is 6.15 Å². The first kappa shape index (κ1) is 135. The van der Waals surface area contributed by atoms with Crippen LogP contribution in [0.4, 0.5) is 0 Å². The number of nitrogens with two attached hydrogens (primary N) is 2.